The second-order valence-electron chi connectivity index (χ2n) is 3.10. The van der Waals surface area contributed by atoms with Crippen molar-refractivity contribution in [2.45, 2.75) is 25.8 Å². The highest BCUT2D eigenvalue weighted by molar-refractivity contribution is 5.71. The largest absolute Gasteiger partial charge is 0.477 e. The SMILES string of the molecule is CC1CC[NH2+]C(C(=O)O)C1. The van der Waals surface area contributed by atoms with Crippen LogP contribution in [0, 0.1) is 5.92 Å². The van der Waals surface area contributed by atoms with Gasteiger partial charge in [0.05, 0.1) is 6.54 Å². The van der Waals surface area contributed by atoms with E-state index < -0.39 is 5.97 Å². The zero-order chi connectivity index (χ0) is 7.56. The van der Waals surface area contributed by atoms with Gasteiger partial charge >= 0.3 is 5.97 Å². The van der Waals surface area contributed by atoms with Crippen LogP contribution >= 0.6 is 0 Å². The van der Waals surface area contributed by atoms with Crippen LogP contribution in [0.1, 0.15) is 19.8 Å². The molecule has 0 aromatic rings. The topological polar surface area (TPSA) is 53.9 Å². The third kappa shape index (κ3) is 1.70. The van der Waals surface area contributed by atoms with E-state index in [1.807, 2.05) is 5.32 Å². The van der Waals surface area contributed by atoms with Crippen LogP contribution in [-0.2, 0) is 4.79 Å². The zero-order valence-electron chi connectivity index (χ0n) is 6.21. The lowest BCUT2D eigenvalue weighted by Gasteiger charge is -2.21. The standard InChI is InChI=1S/C7H13NO2/c1-5-2-3-8-6(4-5)7(9)10/h5-6,8H,2-4H2,1H3,(H,9,10)/p+1. The average molecular weight is 144 g/mol. The van der Waals surface area contributed by atoms with E-state index in [0.29, 0.717) is 5.92 Å². The van der Waals surface area contributed by atoms with E-state index in [-0.39, 0.29) is 6.04 Å². The van der Waals surface area contributed by atoms with Crippen molar-refractivity contribution in [1.29, 1.82) is 0 Å². The number of carbonyl (C=O) groups is 1. The molecule has 1 aliphatic rings. The molecule has 1 heterocycles. The van der Waals surface area contributed by atoms with E-state index in [0.717, 1.165) is 19.4 Å². The molecule has 0 saturated carbocycles. The number of piperidine rings is 1. The summed E-state index contributed by atoms with van der Waals surface area (Å²) >= 11 is 0. The fraction of sp³-hybridized carbons (Fsp3) is 0.857. The number of nitrogens with two attached hydrogens (primary N) is 1. The van der Waals surface area contributed by atoms with Crippen molar-refractivity contribution in [3.05, 3.63) is 0 Å². The van der Waals surface area contributed by atoms with Gasteiger partial charge in [0.15, 0.2) is 6.04 Å². The van der Waals surface area contributed by atoms with Crippen molar-refractivity contribution >= 4 is 5.97 Å². The molecule has 0 aromatic heterocycles. The summed E-state index contributed by atoms with van der Waals surface area (Å²) in [6.45, 7) is 3.08. The van der Waals surface area contributed by atoms with Gasteiger partial charge in [-0.1, -0.05) is 6.92 Å². The molecule has 3 nitrogen and oxygen atoms in total. The van der Waals surface area contributed by atoms with Crippen LogP contribution in [0.15, 0.2) is 0 Å². The predicted molar refractivity (Wildman–Crippen MR) is 36.6 cm³/mol. The Morgan fingerprint density at radius 3 is 2.80 bits per heavy atom. The molecule has 2 unspecified atom stereocenters. The second-order valence-corrected chi connectivity index (χ2v) is 3.10. The zero-order valence-corrected chi connectivity index (χ0v) is 6.21. The highest BCUT2D eigenvalue weighted by Crippen LogP contribution is 2.10. The van der Waals surface area contributed by atoms with Crippen molar-refractivity contribution in [3.63, 3.8) is 0 Å². The lowest BCUT2D eigenvalue weighted by atomic mass is 9.94. The number of hydrogen-bond donors (Lipinski definition) is 2. The van der Waals surface area contributed by atoms with Gasteiger partial charge < -0.3 is 10.4 Å². The Bertz CT molecular complexity index is 136. The maximum atomic E-state index is 10.5. The highest BCUT2D eigenvalue weighted by Gasteiger charge is 2.27. The molecule has 0 spiro atoms. The summed E-state index contributed by atoms with van der Waals surface area (Å²) in [5, 5.41) is 10.5. The summed E-state index contributed by atoms with van der Waals surface area (Å²) in [6, 6.07) is -0.177. The van der Waals surface area contributed by atoms with Crippen LogP contribution in [0.25, 0.3) is 0 Å². The van der Waals surface area contributed by atoms with Crippen molar-refractivity contribution in [3.8, 4) is 0 Å². The summed E-state index contributed by atoms with van der Waals surface area (Å²) in [7, 11) is 0. The van der Waals surface area contributed by atoms with E-state index in [9.17, 15) is 4.79 Å². The maximum Gasteiger partial charge on any atom is 0.362 e. The Kier molecular flexibility index (Phi) is 2.27. The molecule has 3 N–H and O–H groups in total. The normalized spacial score (nSPS) is 33.7. The molecule has 0 aromatic carbocycles. The molecule has 0 bridgehead atoms. The van der Waals surface area contributed by atoms with E-state index >= 15 is 0 Å². The van der Waals surface area contributed by atoms with Gasteiger partial charge in [-0.2, -0.15) is 0 Å². The van der Waals surface area contributed by atoms with Gasteiger partial charge in [0.2, 0.25) is 0 Å². The lowest BCUT2D eigenvalue weighted by Crippen LogP contribution is -2.93. The molecule has 1 rings (SSSR count). The Balaban J connectivity index is 2.39. The third-order valence-electron chi connectivity index (χ3n) is 2.08. The first-order valence-electron chi connectivity index (χ1n) is 3.76. The first-order valence-corrected chi connectivity index (χ1v) is 3.76. The molecule has 10 heavy (non-hydrogen) atoms. The maximum absolute atomic E-state index is 10.5. The van der Waals surface area contributed by atoms with Crippen LogP contribution < -0.4 is 5.32 Å². The van der Waals surface area contributed by atoms with Crippen molar-refractivity contribution in [2.24, 2.45) is 5.92 Å². The Labute approximate surface area is 60.4 Å². The minimum absolute atomic E-state index is 0.177. The molecular weight excluding hydrogens is 130 g/mol. The van der Waals surface area contributed by atoms with Crippen molar-refractivity contribution < 1.29 is 15.2 Å². The molecule has 58 valence electrons. The monoisotopic (exact) mass is 144 g/mol. The van der Waals surface area contributed by atoms with Gasteiger partial charge in [0.1, 0.15) is 0 Å². The number of hydrogen-bond acceptors (Lipinski definition) is 1. The Morgan fingerprint density at radius 1 is 1.70 bits per heavy atom. The van der Waals surface area contributed by atoms with E-state index in [4.69, 9.17) is 5.11 Å². The van der Waals surface area contributed by atoms with E-state index in [1.54, 1.807) is 0 Å². The summed E-state index contributed by atoms with van der Waals surface area (Å²) in [6.07, 6.45) is 1.99. The fourth-order valence-electron chi connectivity index (χ4n) is 1.43. The molecule has 0 radical (unpaired) electrons. The third-order valence-corrected chi connectivity index (χ3v) is 2.08. The number of quaternary nitrogens is 1. The molecule has 3 heteroatoms. The summed E-state index contributed by atoms with van der Waals surface area (Å²) < 4.78 is 0. The van der Waals surface area contributed by atoms with Crippen LogP contribution in [0.4, 0.5) is 0 Å². The van der Waals surface area contributed by atoms with Gasteiger partial charge in [0.25, 0.3) is 0 Å². The van der Waals surface area contributed by atoms with E-state index in [1.165, 1.54) is 0 Å². The average Bonchev–Trinajstić information content (AvgIpc) is 1.88. The molecule has 1 fully saturated rings. The lowest BCUT2D eigenvalue weighted by molar-refractivity contribution is -0.688. The van der Waals surface area contributed by atoms with Gasteiger partial charge in [-0.05, 0) is 12.3 Å². The number of carboxylic acids is 1. The van der Waals surface area contributed by atoms with Gasteiger partial charge in [-0.25, -0.2) is 4.79 Å². The summed E-state index contributed by atoms with van der Waals surface area (Å²) in [4.78, 5) is 10.5. The summed E-state index contributed by atoms with van der Waals surface area (Å²) in [5.41, 5.74) is 0. The first-order chi connectivity index (χ1) is 4.70. The van der Waals surface area contributed by atoms with Gasteiger partial charge in [-0.15, -0.1) is 0 Å². The molecule has 0 aliphatic carbocycles. The molecule has 0 amide bonds. The minimum atomic E-state index is -0.661. The van der Waals surface area contributed by atoms with Crippen LogP contribution in [-0.4, -0.2) is 23.7 Å². The fourth-order valence-corrected chi connectivity index (χ4v) is 1.43. The van der Waals surface area contributed by atoms with Gasteiger partial charge in [-0.3, -0.25) is 0 Å². The first kappa shape index (κ1) is 7.54. The molecular formula is C7H14NO2+. The number of rotatable bonds is 1. The Hall–Kier alpha value is -0.570. The molecule has 1 aliphatic heterocycles. The quantitative estimate of drug-likeness (QED) is 0.518. The number of carboxylic acid groups (broad SMARTS) is 1. The van der Waals surface area contributed by atoms with Crippen LogP contribution in [0.2, 0.25) is 0 Å². The predicted octanol–water partition coefficient (Wildman–Crippen LogP) is -0.567. The molecule has 2 atom stereocenters. The van der Waals surface area contributed by atoms with Crippen molar-refractivity contribution in [1.82, 2.24) is 0 Å². The Morgan fingerprint density at radius 2 is 2.40 bits per heavy atom. The minimum Gasteiger partial charge on any atom is -0.477 e. The number of aliphatic carboxylic acids is 1. The summed E-state index contributed by atoms with van der Waals surface area (Å²) in [5.74, 6) is -0.0716. The van der Waals surface area contributed by atoms with Crippen LogP contribution in [0.5, 0.6) is 0 Å². The van der Waals surface area contributed by atoms with Crippen molar-refractivity contribution in [2.75, 3.05) is 6.54 Å². The van der Waals surface area contributed by atoms with Crippen LogP contribution in [0.3, 0.4) is 0 Å². The smallest absolute Gasteiger partial charge is 0.362 e. The van der Waals surface area contributed by atoms with E-state index in [2.05, 4.69) is 6.92 Å². The van der Waals surface area contributed by atoms with Gasteiger partial charge in [0, 0.05) is 6.42 Å². The second kappa shape index (κ2) is 3.01. The molecule has 1 saturated heterocycles. The highest BCUT2D eigenvalue weighted by atomic mass is 16.4.